The topological polar surface area (TPSA) is 17.1 Å². The molecule has 1 rings (SSSR count). The van der Waals surface area contributed by atoms with Crippen molar-refractivity contribution < 1.29 is 13.6 Å². The first-order chi connectivity index (χ1) is 6.11. The lowest BCUT2D eigenvalue weighted by Crippen LogP contribution is -1.93. The maximum Gasteiger partial charge on any atom is 0.288 e. The van der Waals surface area contributed by atoms with E-state index in [1.807, 2.05) is 0 Å². The van der Waals surface area contributed by atoms with Crippen molar-refractivity contribution in [3.63, 3.8) is 0 Å². The van der Waals surface area contributed by atoms with Crippen molar-refractivity contribution in [3.05, 3.63) is 29.8 Å². The molecule has 5 heteroatoms. The minimum Gasteiger partial charge on any atom is -0.276 e. The number of carbonyl (C=O) groups is 1. The normalized spacial score (nSPS) is 10.5. The minimum atomic E-state index is -2.54. The monoisotopic (exact) mass is 222 g/mol. The van der Waals surface area contributed by atoms with E-state index in [9.17, 15) is 13.6 Å². The molecule has 0 radical (unpaired) electrons. The van der Waals surface area contributed by atoms with Gasteiger partial charge in [0.25, 0.3) is 11.0 Å². The zero-order chi connectivity index (χ0) is 9.84. The molecule has 0 saturated heterocycles. The molecule has 0 aromatic heterocycles. The smallest absolute Gasteiger partial charge is 0.276 e. The zero-order valence-corrected chi connectivity index (χ0v) is 7.91. The second-order valence-corrected chi connectivity index (χ2v) is 3.52. The van der Waals surface area contributed by atoms with Gasteiger partial charge in [0.2, 0.25) is 0 Å². The molecular weight excluding hydrogens is 218 g/mol. The van der Waals surface area contributed by atoms with Crippen LogP contribution >= 0.6 is 23.4 Å². The first-order valence-electron chi connectivity index (χ1n) is 3.35. The molecule has 0 saturated carbocycles. The quantitative estimate of drug-likeness (QED) is 0.576. The largest absolute Gasteiger partial charge is 0.288 e. The highest BCUT2D eigenvalue weighted by Crippen LogP contribution is 2.28. The average molecular weight is 223 g/mol. The van der Waals surface area contributed by atoms with Gasteiger partial charge in [-0.25, -0.2) is 0 Å². The van der Waals surface area contributed by atoms with E-state index >= 15 is 0 Å². The predicted octanol–water partition coefficient (Wildman–Crippen LogP) is 3.38. The van der Waals surface area contributed by atoms with Crippen LogP contribution in [0.25, 0.3) is 0 Å². The Kier molecular flexibility index (Phi) is 3.69. The summed E-state index contributed by atoms with van der Waals surface area (Å²) in [4.78, 5) is 11.0. The second-order valence-electron chi connectivity index (χ2n) is 2.15. The molecule has 0 amide bonds. The van der Waals surface area contributed by atoms with Gasteiger partial charge in [0, 0.05) is 10.5 Å². The Labute approximate surface area is 83.1 Å². The van der Waals surface area contributed by atoms with Crippen LogP contribution in [0.2, 0.25) is 0 Å². The molecule has 0 heterocycles. The van der Waals surface area contributed by atoms with Crippen LogP contribution in [0, 0.1) is 0 Å². The van der Waals surface area contributed by atoms with Crippen molar-refractivity contribution in [3.8, 4) is 0 Å². The summed E-state index contributed by atoms with van der Waals surface area (Å²) in [5, 5.41) is -0.719. The number of rotatable bonds is 3. The summed E-state index contributed by atoms with van der Waals surface area (Å²) in [5.74, 6) is -2.54. The molecule has 1 aromatic rings. The highest BCUT2D eigenvalue weighted by atomic mass is 35.5. The van der Waals surface area contributed by atoms with Gasteiger partial charge in [-0.3, -0.25) is 4.79 Å². The standard InChI is InChI=1S/C8H5ClF2OS/c9-7(12)5-3-1-2-4-6(5)13-8(10)11/h1-4,8H. The molecule has 1 aromatic carbocycles. The molecule has 0 aliphatic carbocycles. The first-order valence-corrected chi connectivity index (χ1v) is 4.60. The molecule has 0 unspecified atom stereocenters. The maximum absolute atomic E-state index is 12.0. The summed E-state index contributed by atoms with van der Waals surface area (Å²) in [6.07, 6.45) is 0. The number of thioether (sulfide) groups is 1. The van der Waals surface area contributed by atoms with Crippen LogP contribution < -0.4 is 0 Å². The van der Waals surface area contributed by atoms with Crippen molar-refractivity contribution in [2.24, 2.45) is 0 Å². The lowest BCUT2D eigenvalue weighted by molar-refractivity contribution is 0.107. The summed E-state index contributed by atoms with van der Waals surface area (Å²) in [7, 11) is 0. The fourth-order valence-electron chi connectivity index (χ4n) is 0.828. The van der Waals surface area contributed by atoms with Crippen LogP contribution in [0.5, 0.6) is 0 Å². The van der Waals surface area contributed by atoms with Crippen molar-refractivity contribution in [1.82, 2.24) is 0 Å². The van der Waals surface area contributed by atoms with E-state index in [4.69, 9.17) is 11.6 Å². The predicted molar refractivity (Wildman–Crippen MR) is 48.5 cm³/mol. The van der Waals surface area contributed by atoms with E-state index in [0.717, 1.165) is 0 Å². The Bertz CT molecular complexity index is 317. The van der Waals surface area contributed by atoms with Crippen molar-refractivity contribution in [2.45, 2.75) is 10.7 Å². The van der Waals surface area contributed by atoms with Crippen LogP contribution in [0.4, 0.5) is 8.78 Å². The maximum atomic E-state index is 12.0. The van der Waals surface area contributed by atoms with Gasteiger partial charge < -0.3 is 0 Å². The van der Waals surface area contributed by atoms with E-state index in [-0.39, 0.29) is 10.5 Å². The molecule has 0 spiro atoms. The molecule has 70 valence electrons. The fourth-order valence-corrected chi connectivity index (χ4v) is 1.69. The fraction of sp³-hybridized carbons (Fsp3) is 0.125. The summed E-state index contributed by atoms with van der Waals surface area (Å²) in [6, 6.07) is 6.01. The van der Waals surface area contributed by atoms with E-state index in [2.05, 4.69) is 0 Å². The molecule has 0 bridgehead atoms. The van der Waals surface area contributed by atoms with Crippen LogP contribution in [-0.4, -0.2) is 11.0 Å². The number of hydrogen-bond donors (Lipinski definition) is 0. The highest BCUT2D eigenvalue weighted by molar-refractivity contribution is 7.99. The van der Waals surface area contributed by atoms with E-state index in [1.165, 1.54) is 12.1 Å². The van der Waals surface area contributed by atoms with Gasteiger partial charge in [-0.05, 0) is 23.7 Å². The van der Waals surface area contributed by atoms with Gasteiger partial charge in [0.05, 0.1) is 0 Å². The number of hydrogen-bond acceptors (Lipinski definition) is 2. The van der Waals surface area contributed by atoms with Gasteiger partial charge in [-0.15, -0.1) is 0 Å². The van der Waals surface area contributed by atoms with E-state index in [0.29, 0.717) is 11.8 Å². The van der Waals surface area contributed by atoms with Gasteiger partial charge in [-0.1, -0.05) is 23.9 Å². The Balaban J connectivity index is 2.98. The number of alkyl halides is 2. The molecule has 0 aliphatic heterocycles. The molecule has 0 fully saturated rings. The minimum absolute atomic E-state index is 0.120. The number of halogens is 3. The van der Waals surface area contributed by atoms with E-state index in [1.54, 1.807) is 12.1 Å². The molecule has 0 aliphatic rings. The second kappa shape index (κ2) is 4.58. The van der Waals surface area contributed by atoms with Crippen LogP contribution in [-0.2, 0) is 0 Å². The first kappa shape index (κ1) is 10.5. The van der Waals surface area contributed by atoms with Crippen LogP contribution in [0.1, 0.15) is 10.4 Å². The Morgan fingerprint density at radius 3 is 2.54 bits per heavy atom. The van der Waals surface area contributed by atoms with Gasteiger partial charge in [0.1, 0.15) is 0 Å². The van der Waals surface area contributed by atoms with Crippen LogP contribution in [0.3, 0.4) is 0 Å². The third kappa shape index (κ3) is 2.97. The van der Waals surface area contributed by atoms with E-state index < -0.39 is 11.0 Å². The summed E-state index contributed by atoms with van der Waals surface area (Å²) in [5.41, 5.74) is 0.120. The highest BCUT2D eigenvalue weighted by Gasteiger charge is 2.12. The van der Waals surface area contributed by atoms with Crippen molar-refractivity contribution in [1.29, 1.82) is 0 Å². The zero-order valence-electron chi connectivity index (χ0n) is 6.34. The summed E-state index contributed by atoms with van der Waals surface area (Å²) in [6.45, 7) is 0. The Morgan fingerprint density at radius 1 is 1.38 bits per heavy atom. The van der Waals surface area contributed by atoms with Crippen molar-refractivity contribution >= 4 is 28.6 Å². The molecular formula is C8H5ClF2OS. The molecule has 1 nitrogen and oxygen atoms in total. The Morgan fingerprint density at radius 2 is 2.00 bits per heavy atom. The summed E-state index contributed by atoms with van der Waals surface area (Å²) < 4.78 is 23.9. The van der Waals surface area contributed by atoms with Gasteiger partial charge in [-0.2, -0.15) is 8.78 Å². The van der Waals surface area contributed by atoms with Gasteiger partial charge >= 0.3 is 0 Å². The molecule has 0 atom stereocenters. The number of carbonyl (C=O) groups excluding carboxylic acids is 1. The lowest BCUT2D eigenvalue weighted by Gasteiger charge is -2.03. The Hall–Kier alpha value is -0.610. The lowest BCUT2D eigenvalue weighted by atomic mass is 10.2. The third-order valence-corrected chi connectivity index (χ3v) is 2.31. The third-order valence-electron chi connectivity index (χ3n) is 1.31. The average Bonchev–Trinajstić information content (AvgIpc) is 2.03. The molecule has 13 heavy (non-hydrogen) atoms. The van der Waals surface area contributed by atoms with Crippen LogP contribution in [0.15, 0.2) is 29.2 Å². The van der Waals surface area contributed by atoms with Gasteiger partial charge in [0.15, 0.2) is 0 Å². The molecule has 0 N–H and O–H groups in total. The van der Waals surface area contributed by atoms with Crippen molar-refractivity contribution in [2.75, 3.05) is 0 Å². The SMILES string of the molecule is O=C(Cl)c1ccccc1SC(F)F. The number of benzene rings is 1. The summed E-state index contributed by atoms with van der Waals surface area (Å²) >= 11 is 5.51.